The monoisotopic (exact) mass is 373 g/mol. The Morgan fingerprint density at radius 1 is 1.29 bits per heavy atom. The van der Waals surface area contributed by atoms with Gasteiger partial charge in [0, 0.05) is 38.8 Å². The first-order chi connectivity index (χ1) is 11.3. The Hall–Kier alpha value is -1.15. The number of piperazine rings is 1. The van der Waals surface area contributed by atoms with E-state index in [1.165, 1.54) is 4.31 Å². The van der Waals surface area contributed by atoms with Gasteiger partial charge in [-0.3, -0.25) is 4.79 Å². The second-order valence-corrected chi connectivity index (χ2v) is 8.53. The van der Waals surface area contributed by atoms with Crippen LogP contribution in [0, 0.1) is 0 Å². The van der Waals surface area contributed by atoms with Crippen molar-refractivity contribution in [3.05, 3.63) is 34.9 Å². The summed E-state index contributed by atoms with van der Waals surface area (Å²) in [6, 6.07) is 6.70. The van der Waals surface area contributed by atoms with Crippen LogP contribution >= 0.6 is 11.6 Å². The largest absolute Gasteiger partial charge is 0.335 e. The normalized spacial score (nSPS) is 16.3. The molecule has 8 heteroatoms. The number of amides is 1. The number of hydrogen-bond acceptors (Lipinski definition) is 4. The predicted molar refractivity (Wildman–Crippen MR) is 95.9 cm³/mol. The van der Waals surface area contributed by atoms with Crippen LogP contribution in [0.3, 0.4) is 0 Å². The Kier molecular flexibility index (Phi) is 6.62. The molecule has 2 rings (SSSR count). The van der Waals surface area contributed by atoms with E-state index in [2.05, 4.69) is 5.32 Å². The van der Waals surface area contributed by atoms with Crippen LogP contribution in [0.25, 0.3) is 0 Å². The summed E-state index contributed by atoms with van der Waals surface area (Å²) in [6.07, 6.45) is 0. The molecular weight excluding hydrogens is 350 g/mol. The molecule has 0 radical (unpaired) electrons. The molecule has 24 heavy (non-hydrogen) atoms. The van der Waals surface area contributed by atoms with Crippen LogP contribution < -0.4 is 5.32 Å². The highest BCUT2D eigenvalue weighted by Gasteiger charge is 2.27. The predicted octanol–water partition coefficient (Wildman–Crippen LogP) is 1.43. The average Bonchev–Trinajstić information content (AvgIpc) is 2.55. The second kappa shape index (κ2) is 8.29. The summed E-state index contributed by atoms with van der Waals surface area (Å²) in [5, 5.41) is 3.50. The van der Waals surface area contributed by atoms with Gasteiger partial charge in [0.2, 0.25) is 10.0 Å². The van der Waals surface area contributed by atoms with Crippen LogP contribution in [0.15, 0.2) is 24.3 Å². The number of hydrogen-bond donors (Lipinski definition) is 1. The summed E-state index contributed by atoms with van der Waals surface area (Å²) in [5.74, 6) is -0.326. The van der Waals surface area contributed by atoms with Gasteiger partial charge in [-0.15, -0.1) is 0 Å². The molecule has 1 saturated heterocycles. The fraction of sp³-hybridized carbons (Fsp3) is 0.562. The first kappa shape index (κ1) is 19.2. The molecular formula is C16H24ClN3O3S. The Bertz CT molecular complexity index is 673. The van der Waals surface area contributed by atoms with Crippen molar-refractivity contribution in [3.8, 4) is 0 Å². The zero-order chi connectivity index (χ0) is 17.7. The highest BCUT2D eigenvalue weighted by Crippen LogP contribution is 2.18. The summed E-state index contributed by atoms with van der Waals surface area (Å²) in [6.45, 7) is 6.15. The summed E-state index contributed by atoms with van der Waals surface area (Å²) in [7, 11) is -3.37. The van der Waals surface area contributed by atoms with E-state index in [1.54, 1.807) is 29.2 Å². The third kappa shape index (κ3) is 4.69. The lowest BCUT2D eigenvalue weighted by molar-refractivity contribution is 0.0718. The smallest absolute Gasteiger partial charge is 0.255 e. The standard InChI is InChI=1S/C16H24ClN3O3S/c1-13(2)20(16(21)14-5-3-4-6-15(14)17)11-12-24(22,23)19-9-7-18-8-10-19/h3-6,13,18H,7-12H2,1-2H3. The minimum atomic E-state index is -3.37. The molecule has 1 N–H and O–H groups in total. The van der Waals surface area contributed by atoms with Crippen LogP contribution in [0.1, 0.15) is 24.2 Å². The fourth-order valence-electron chi connectivity index (χ4n) is 2.65. The Morgan fingerprint density at radius 2 is 1.92 bits per heavy atom. The van der Waals surface area contributed by atoms with Crippen LogP contribution in [-0.4, -0.2) is 68.0 Å². The number of nitrogens with zero attached hydrogens (tertiary/aromatic N) is 2. The fourth-order valence-corrected chi connectivity index (χ4v) is 4.29. The number of carbonyl (C=O) groups excluding carboxylic acids is 1. The second-order valence-electron chi connectivity index (χ2n) is 6.04. The van der Waals surface area contributed by atoms with Gasteiger partial charge in [0.15, 0.2) is 0 Å². The topological polar surface area (TPSA) is 69.7 Å². The van der Waals surface area contributed by atoms with E-state index in [9.17, 15) is 13.2 Å². The molecule has 134 valence electrons. The van der Waals surface area contributed by atoms with E-state index in [4.69, 9.17) is 11.6 Å². The van der Waals surface area contributed by atoms with Gasteiger partial charge in [0.05, 0.1) is 16.3 Å². The summed E-state index contributed by atoms with van der Waals surface area (Å²) in [5.41, 5.74) is 0.396. The van der Waals surface area contributed by atoms with Crippen molar-refractivity contribution < 1.29 is 13.2 Å². The van der Waals surface area contributed by atoms with Gasteiger partial charge in [0.25, 0.3) is 5.91 Å². The maximum Gasteiger partial charge on any atom is 0.255 e. The molecule has 0 atom stereocenters. The molecule has 0 unspecified atom stereocenters. The van der Waals surface area contributed by atoms with Crippen molar-refractivity contribution >= 4 is 27.5 Å². The van der Waals surface area contributed by atoms with Gasteiger partial charge < -0.3 is 10.2 Å². The Morgan fingerprint density at radius 3 is 2.50 bits per heavy atom. The van der Waals surface area contributed by atoms with Crippen molar-refractivity contribution in [2.24, 2.45) is 0 Å². The molecule has 1 aromatic rings. The SMILES string of the molecule is CC(C)N(CCS(=O)(=O)N1CCNCC1)C(=O)c1ccccc1Cl. The first-order valence-corrected chi connectivity index (χ1v) is 10.1. The van der Waals surface area contributed by atoms with Crippen molar-refractivity contribution in [2.45, 2.75) is 19.9 Å². The molecule has 6 nitrogen and oxygen atoms in total. The molecule has 1 fully saturated rings. The third-order valence-corrected chi connectivity index (χ3v) is 6.23. The number of carbonyl (C=O) groups is 1. The van der Waals surface area contributed by atoms with Gasteiger partial charge in [-0.2, -0.15) is 4.31 Å². The molecule has 0 aromatic heterocycles. The molecule has 0 bridgehead atoms. The summed E-state index contributed by atoms with van der Waals surface area (Å²) in [4.78, 5) is 14.3. The zero-order valence-electron chi connectivity index (χ0n) is 14.0. The van der Waals surface area contributed by atoms with Gasteiger partial charge in [0.1, 0.15) is 0 Å². The number of benzene rings is 1. The van der Waals surface area contributed by atoms with Crippen molar-refractivity contribution in [2.75, 3.05) is 38.5 Å². The average molecular weight is 374 g/mol. The lowest BCUT2D eigenvalue weighted by atomic mass is 10.1. The van der Waals surface area contributed by atoms with Crippen molar-refractivity contribution in [3.63, 3.8) is 0 Å². The summed E-state index contributed by atoms with van der Waals surface area (Å²) < 4.78 is 26.4. The van der Waals surface area contributed by atoms with Crippen LogP contribution in [0.5, 0.6) is 0 Å². The molecule has 1 amide bonds. The minimum Gasteiger partial charge on any atom is -0.335 e. The molecule has 0 spiro atoms. The van der Waals surface area contributed by atoms with Crippen molar-refractivity contribution in [1.29, 1.82) is 0 Å². The number of halogens is 1. The summed E-state index contributed by atoms with van der Waals surface area (Å²) >= 11 is 6.10. The highest BCUT2D eigenvalue weighted by molar-refractivity contribution is 7.89. The maximum absolute atomic E-state index is 12.7. The lowest BCUT2D eigenvalue weighted by Gasteiger charge is -2.30. The van der Waals surface area contributed by atoms with Crippen molar-refractivity contribution in [1.82, 2.24) is 14.5 Å². The first-order valence-electron chi connectivity index (χ1n) is 8.07. The van der Waals surface area contributed by atoms with Crippen LogP contribution in [0.2, 0.25) is 5.02 Å². The van der Waals surface area contributed by atoms with E-state index >= 15 is 0 Å². The van der Waals surface area contributed by atoms with E-state index in [1.807, 2.05) is 13.8 Å². The number of nitrogens with one attached hydrogen (secondary N) is 1. The molecule has 1 aliphatic rings. The van der Waals surface area contributed by atoms with E-state index in [0.29, 0.717) is 36.8 Å². The number of sulfonamides is 1. The maximum atomic E-state index is 12.7. The minimum absolute atomic E-state index is 0.0820. The number of rotatable bonds is 6. The Balaban J connectivity index is 2.09. The van der Waals surface area contributed by atoms with Gasteiger partial charge in [-0.1, -0.05) is 23.7 Å². The lowest BCUT2D eigenvalue weighted by Crippen LogP contribution is -2.49. The molecule has 1 aromatic carbocycles. The van der Waals surface area contributed by atoms with E-state index < -0.39 is 10.0 Å². The zero-order valence-corrected chi connectivity index (χ0v) is 15.6. The van der Waals surface area contributed by atoms with E-state index in [0.717, 1.165) is 0 Å². The molecule has 0 aliphatic carbocycles. The highest BCUT2D eigenvalue weighted by atomic mass is 35.5. The molecule has 1 aliphatic heterocycles. The third-order valence-electron chi connectivity index (χ3n) is 4.05. The molecule has 1 heterocycles. The quantitative estimate of drug-likeness (QED) is 0.818. The van der Waals surface area contributed by atoms with Crippen LogP contribution in [-0.2, 0) is 10.0 Å². The van der Waals surface area contributed by atoms with E-state index in [-0.39, 0.29) is 24.2 Å². The Labute approximate surface area is 148 Å². The van der Waals surface area contributed by atoms with Gasteiger partial charge in [-0.05, 0) is 26.0 Å². The molecule has 0 saturated carbocycles. The van der Waals surface area contributed by atoms with Gasteiger partial charge in [-0.25, -0.2) is 8.42 Å². The van der Waals surface area contributed by atoms with Gasteiger partial charge >= 0.3 is 0 Å². The van der Waals surface area contributed by atoms with Crippen LogP contribution in [0.4, 0.5) is 0 Å².